The second-order valence-corrected chi connectivity index (χ2v) is 7.88. The first kappa shape index (κ1) is 19.2. The molecule has 1 spiro atoms. The molecule has 2 aliphatic rings. The van der Waals surface area contributed by atoms with Crippen LogP contribution in [0.3, 0.4) is 0 Å². The molecule has 28 heavy (non-hydrogen) atoms. The highest BCUT2D eigenvalue weighted by Gasteiger charge is 2.43. The van der Waals surface area contributed by atoms with E-state index in [0.29, 0.717) is 49.8 Å². The molecule has 0 aliphatic carbocycles. The van der Waals surface area contributed by atoms with E-state index in [2.05, 4.69) is 10.2 Å². The molecular weight excluding hydrogens is 399 g/mol. The summed E-state index contributed by atoms with van der Waals surface area (Å²) in [6, 6.07) is 1.37. The summed E-state index contributed by atoms with van der Waals surface area (Å²) in [7, 11) is 0. The fourth-order valence-electron chi connectivity index (χ4n) is 3.51. The molecule has 2 aromatic rings. The maximum atomic E-state index is 13.0. The molecule has 7 nitrogen and oxygen atoms in total. The number of benzene rings is 1. The lowest BCUT2D eigenvalue weighted by atomic mass is 10.0. The number of hydrogen-bond acceptors (Lipinski definition) is 8. The number of piperidine rings is 1. The van der Waals surface area contributed by atoms with Crippen LogP contribution in [-0.2, 0) is 15.7 Å². The molecule has 4 rings (SSSR count). The van der Waals surface area contributed by atoms with Crippen molar-refractivity contribution in [3.05, 3.63) is 33.0 Å². The van der Waals surface area contributed by atoms with Crippen LogP contribution in [-0.4, -0.2) is 36.6 Å². The number of rotatable bonds is 2. The average Bonchev–Trinajstić information content (AvgIpc) is 3.01. The van der Waals surface area contributed by atoms with Gasteiger partial charge in [-0.2, -0.15) is 18.2 Å². The van der Waals surface area contributed by atoms with Gasteiger partial charge in [0.2, 0.25) is 0 Å². The normalized spacial score (nSPS) is 22.1. The van der Waals surface area contributed by atoms with Crippen molar-refractivity contribution in [2.75, 3.05) is 24.6 Å². The molecule has 1 aromatic heterocycles. The summed E-state index contributed by atoms with van der Waals surface area (Å²) < 4.78 is 50.8. The van der Waals surface area contributed by atoms with Crippen molar-refractivity contribution in [2.24, 2.45) is 5.18 Å². The fourth-order valence-corrected chi connectivity index (χ4v) is 4.59. The molecule has 0 radical (unpaired) electrons. The van der Waals surface area contributed by atoms with Crippen molar-refractivity contribution in [2.45, 2.75) is 37.8 Å². The molecule has 0 unspecified atom stereocenters. The number of hydrogen-bond donors (Lipinski definition) is 0. The Morgan fingerprint density at radius 1 is 1.32 bits per heavy atom. The van der Waals surface area contributed by atoms with Crippen molar-refractivity contribution in [3.8, 4) is 0 Å². The minimum Gasteiger partial charge on any atom is -0.348 e. The molecular formula is C17H16F3N3O4S. The molecule has 0 N–H and O–H groups in total. The van der Waals surface area contributed by atoms with Gasteiger partial charge in [-0.1, -0.05) is 11.3 Å². The molecule has 150 valence electrons. The molecule has 0 amide bonds. The minimum atomic E-state index is -4.69. The van der Waals surface area contributed by atoms with Crippen molar-refractivity contribution < 1.29 is 22.6 Å². The molecule has 2 aliphatic heterocycles. The van der Waals surface area contributed by atoms with Crippen LogP contribution in [0.2, 0.25) is 0 Å². The lowest BCUT2D eigenvalue weighted by Gasteiger charge is -2.38. The van der Waals surface area contributed by atoms with Gasteiger partial charge >= 0.3 is 6.18 Å². The zero-order chi connectivity index (χ0) is 20.1. The minimum absolute atomic E-state index is 0.0189. The average molecular weight is 415 g/mol. The smallest absolute Gasteiger partial charge is 0.348 e. The van der Waals surface area contributed by atoms with Gasteiger partial charge in [-0.05, 0) is 24.2 Å². The molecule has 3 heterocycles. The Morgan fingerprint density at radius 3 is 2.61 bits per heavy atom. The fraction of sp³-hybridized carbons (Fsp3) is 0.529. The van der Waals surface area contributed by atoms with Crippen LogP contribution >= 0.6 is 11.3 Å². The van der Waals surface area contributed by atoms with Crippen LogP contribution in [0.4, 0.5) is 24.0 Å². The van der Waals surface area contributed by atoms with Crippen molar-refractivity contribution >= 4 is 32.2 Å². The van der Waals surface area contributed by atoms with Crippen molar-refractivity contribution in [3.63, 3.8) is 0 Å². The highest BCUT2D eigenvalue weighted by molar-refractivity contribution is 7.22. The standard InChI is InChI=1S/C17H16F3N3O4S/c1-9-8-26-16(27-9)2-4-23(5-3-16)15-21-14(24)11-6-10(17(18,19)20)7-12(22-25)13(11)28-15/h6-7,9H,2-5,8H2,1H3/t9-/m0/s1. The van der Waals surface area contributed by atoms with Crippen LogP contribution < -0.4 is 10.5 Å². The number of anilines is 1. The number of halogens is 3. The molecule has 2 fully saturated rings. The van der Waals surface area contributed by atoms with Crippen LogP contribution in [0, 0.1) is 4.91 Å². The van der Waals surface area contributed by atoms with Gasteiger partial charge in [-0.3, -0.25) is 4.79 Å². The van der Waals surface area contributed by atoms with Gasteiger partial charge in [-0.15, -0.1) is 4.91 Å². The molecule has 1 aromatic carbocycles. The van der Waals surface area contributed by atoms with E-state index in [1.165, 1.54) is 0 Å². The van der Waals surface area contributed by atoms with Crippen LogP contribution in [0.15, 0.2) is 22.1 Å². The maximum absolute atomic E-state index is 13.0. The summed E-state index contributed by atoms with van der Waals surface area (Å²) in [5, 5.41) is 2.78. The first-order valence-corrected chi connectivity index (χ1v) is 9.49. The molecule has 2 saturated heterocycles. The Labute approximate surface area is 161 Å². The van der Waals surface area contributed by atoms with Gasteiger partial charge < -0.3 is 14.4 Å². The van der Waals surface area contributed by atoms with Crippen LogP contribution in [0.1, 0.15) is 25.3 Å². The van der Waals surface area contributed by atoms with Gasteiger partial charge in [0.05, 0.1) is 28.4 Å². The highest BCUT2D eigenvalue weighted by Crippen LogP contribution is 2.40. The summed E-state index contributed by atoms with van der Waals surface area (Å²) >= 11 is 0.982. The monoisotopic (exact) mass is 415 g/mol. The number of nitrogens with zero attached hydrogens (tertiary/aromatic N) is 3. The summed E-state index contributed by atoms with van der Waals surface area (Å²) in [4.78, 5) is 29.3. The maximum Gasteiger partial charge on any atom is 0.416 e. The van der Waals surface area contributed by atoms with Crippen LogP contribution in [0.5, 0.6) is 0 Å². The van der Waals surface area contributed by atoms with E-state index in [9.17, 15) is 22.9 Å². The van der Waals surface area contributed by atoms with E-state index < -0.39 is 28.8 Å². The SMILES string of the molecule is C[C@H]1COC2(CCN(c3nc(=O)c4cc(C(F)(F)F)cc(N=O)c4s3)CC2)O1. The Hall–Kier alpha value is -2.11. The summed E-state index contributed by atoms with van der Waals surface area (Å²) in [6.45, 7) is 3.47. The predicted molar refractivity (Wildman–Crippen MR) is 97.0 cm³/mol. The van der Waals surface area contributed by atoms with Gasteiger partial charge in [0.25, 0.3) is 5.56 Å². The summed E-state index contributed by atoms with van der Waals surface area (Å²) in [5.41, 5.74) is -2.33. The summed E-state index contributed by atoms with van der Waals surface area (Å²) in [6.07, 6.45) is -3.53. The zero-order valence-electron chi connectivity index (χ0n) is 14.8. The quantitative estimate of drug-likeness (QED) is 0.694. The van der Waals surface area contributed by atoms with E-state index in [1.54, 1.807) is 0 Å². The van der Waals surface area contributed by atoms with Crippen LogP contribution in [0.25, 0.3) is 10.1 Å². The first-order valence-electron chi connectivity index (χ1n) is 8.67. The van der Waals surface area contributed by atoms with E-state index in [4.69, 9.17) is 9.47 Å². The van der Waals surface area contributed by atoms with Crippen molar-refractivity contribution in [1.29, 1.82) is 0 Å². The Balaban J connectivity index is 1.68. The third kappa shape index (κ3) is 3.38. The number of fused-ring (bicyclic) bond motifs is 1. The number of ether oxygens (including phenoxy) is 2. The lowest BCUT2D eigenvalue weighted by molar-refractivity contribution is -0.178. The van der Waals surface area contributed by atoms with E-state index >= 15 is 0 Å². The molecule has 1 atom stereocenters. The zero-order valence-corrected chi connectivity index (χ0v) is 15.6. The second-order valence-electron chi connectivity index (χ2n) is 6.90. The largest absolute Gasteiger partial charge is 0.416 e. The summed E-state index contributed by atoms with van der Waals surface area (Å²) in [5.74, 6) is -0.630. The Morgan fingerprint density at radius 2 is 2.04 bits per heavy atom. The predicted octanol–water partition coefficient (Wildman–Crippen LogP) is 3.81. The highest BCUT2D eigenvalue weighted by atomic mass is 32.1. The van der Waals surface area contributed by atoms with E-state index in [0.717, 1.165) is 11.3 Å². The van der Waals surface area contributed by atoms with Gasteiger partial charge in [0.15, 0.2) is 10.9 Å². The van der Waals surface area contributed by atoms with Gasteiger partial charge in [0.1, 0.15) is 5.69 Å². The molecule has 11 heteroatoms. The third-order valence-electron chi connectivity index (χ3n) is 4.91. The number of aromatic nitrogens is 1. The number of nitroso groups, excluding NO2 is 1. The Kier molecular flexibility index (Phi) is 4.63. The topological polar surface area (TPSA) is 81.1 Å². The van der Waals surface area contributed by atoms with E-state index in [-0.39, 0.29) is 16.2 Å². The van der Waals surface area contributed by atoms with Crippen molar-refractivity contribution in [1.82, 2.24) is 4.98 Å². The molecule has 0 bridgehead atoms. The Bertz CT molecular complexity index is 986. The third-order valence-corrected chi connectivity index (χ3v) is 6.07. The number of alkyl halides is 3. The van der Waals surface area contributed by atoms with Gasteiger partial charge in [-0.25, -0.2) is 0 Å². The molecule has 0 saturated carbocycles. The van der Waals surface area contributed by atoms with E-state index in [1.807, 2.05) is 11.8 Å². The lowest BCUT2D eigenvalue weighted by Crippen LogP contribution is -2.45. The van der Waals surface area contributed by atoms with Gasteiger partial charge in [0, 0.05) is 25.9 Å². The second kappa shape index (κ2) is 6.75. The first-order chi connectivity index (χ1) is 13.2.